The van der Waals surface area contributed by atoms with E-state index >= 15 is 0 Å². The molecule has 0 radical (unpaired) electrons. The molecule has 0 saturated carbocycles. The van der Waals surface area contributed by atoms with Gasteiger partial charge >= 0.3 is 0 Å². The maximum absolute atomic E-state index is 14.4. The van der Waals surface area contributed by atoms with Gasteiger partial charge in [0.25, 0.3) is 12.0 Å². The minimum atomic E-state index is -3.92. The molecule has 0 unspecified atom stereocenters. The number of halogens is 3. The van der Waals surface area contributed by atoms with Gasteiger partial charge in [-0.1, -0.05) is 6.07 Å². The molecule has 2 heterocycles. The molecule has 196 valence electrons. The number of anilines is 3. The SMILES string of the molecule is C[C@H](Nc1nc(N)nc(N)c1C#N)c1nc2cccc(S(C)(=O)=O)c2c(=O)n1-c1cc(F)cc(C(F)F)c1. The Morgan fingerprint density at radius 1 is 1.13 bits per heavy atom. The lowest BCUT2D eigenvalue weighted by Crippen LogP contribution is -2.29. The molecule has 15 heteroatoms. The zero-order valence-electron chi connectivity index (χ0n) is 19.8. The summed E-state index contributed by atoms with van der Waals surface area (Å²) in [5.41, 5.74) is 9.23. The highest BCUT2D eigenvalue weighted by atomic mass is 32.2. The Hall–Kier alpha value is -4.71. The summed E-state index contributed by atoms with van der Waals surface area (Å²) in [4.78, 5) is 25.5. The minimum Gasteiger partial charge on any atom is -0.382 e. The molecular formula is C23H19F3N8O3S. The van der Waals surface area contributed by atoms with Crippen LogP contribution in [0.1, 0.15) is 36.3 Å². The second-order valence-electron chi connectivity index (χ2n) is 8.24. The number of hydrogen-bond acceptors (Lipinski definition) is 10. The monoisotopic (exact) mass is 544 g/mol. The van der Waals surface area contributed by atoms with Crippen LogP contribution in [0.4, 0.5) is 30.8 Å². The first kappa shape index (κ1) is 26.4. The molecule has 4 aromatic rings. The quantitative estimate of drug-likeness (QED) is 0.326. The predicted octanol–water partition coefficient (Wildman–Crippen LogP) is 2.87. The first-order valence-electron chi connectivity index (χ1n) is 10.8. The Bertz CT molecular complexity index is 1800. The average molecular weight is 545 g/mol. The summed E-state index contributed by atoms with van der Waals surface area (Å²) in [6.07, 6.45) is -2.17. The molecule has 4 rings (SSSR count). The number of nitriles is 1. The molecule has 0 amide bonds. The van der Waals surface area contributed by atoms with Crippen molar-refractivity contribution in [2.75, 3.05) is 23.0 Å². The lowest BCUT2D eigenvalue weighted by Gasteiger charge is -2.21. The number of aromatic nitrogens is 4. The smallest absolute Gasteiger partial charge is 0.267 e. The van der Waals surface area contributed by atoms with Gasteiger partial charge in [-0.25, -0.2) is 26.6 Å². The Labute approximate surface area is 213 Å². The number of rotatable bonds is 6. The summed E-state index contributed by atoms with van der Waals surface area (Å²) in [6, 6.07) is 7.14. The van der Waals surface area contributed by atoms with Gasteiger partial charge < -0.3 is 16.8 Å². The number of nitrogen functional groups attached to an aromatic ring is 2. The van der Waals surface area contributed by atoms with E-state index in [2.05, 4.69) is 20.3 Å². The van der Waals surface area contributed by atoms with Crippen LogP contribution >= 0.6 is 0 Å². The summed E-state index contributed by atoms with van der Waals surface area (Å²) in [5.74, 6) is -1.79. The Balaban J connectivity index is 2.06. The van der Waals surface area contributed by atoms with E-state index in [0.29, 0.717) is 6.07 Å². The fourth-order valence-electron chi connectivity index (χ4n) is 3.90. The molecule has 0 aliphatic heterocycles. The highest BCUT2D eigenvalue weighted by Gasteiger charge is 2.25. The number of hydrogen-bond donors (Lipinski definition) is 3. The van der Waals surface area contributed by atoms with Crippen LogP contribution in [0.25, 0.3) is 16.6 Å². The van der Waals surface area contributed by atoms with Gasteiger partial charge in [0.1, 0.15) is 29.1 Å². The molecule has 0 aliphatic carbocycles. The zero-order chi connectivity index (χ0) is 27.9. The van der Waals surface area contributed by atoms with E-state index in [4.69, 9.17) is 11.5 Å². The van der Waals surface area contributed by atoms with Gasteiger partial charge in [-0.2, -0.15) is 15.2 Å². The molecular weight excluding hydrogens is 525 g/mol. The summed E-state index contributed by atoms with van der Waals surface area (Å²) in [7, 11) is -3.92. The maximum Gasteiger partial charge on any atom is 0.267 e. The summed E-state index contributed by atoms with van der Waals surface area (Å²) < 4.78 is 67.0. The lowest BCUT2D eigenvalue weighted by atomic mass is 10.1. The number of fused-ring (bicyclic) bond motifs is 1. The number of benzene rings is 2. The summed E-state index contributed by atoms with van der Waals surface area (Å²) in [6.45, 7) is 1.49. The first-order valence-corrected chi connectivity index (χ1v) is 12.6. The zero-order valence-corrected chi connectivity index (χ0v) is 20.6. The number of alkyl halides is 2. The van der Waals surface area contributed by atoms with Gasteiger partial charge in [-0.05, 0) is 37.3 Å². The third-order valence-electron chi connectivity index (χ3n) is 5.51. The number of nitrogens with one attached hydrogen (secondary N) is 1. The fraction of sp³-hybridized carbons (Fsp3) is 0.174. The van der Waals surface area contributed by atoms with Crippen molar-refractivity contribution in [2.24, 2.45) is 0 Å². The molecule has 1 atom stereocenters. The van der Waals surface area contributed by atoms with Crippen LogP contribution < -0.4 is 22.3 Å². The topological polar surface area (TPSA) is 183 Å². The van der Waals surface area contributed by atoms with Crippen LogP contribution in [0, 0.1) is 17.1 Å². The van der Waals surface area contributed by atoms with Crippen molar-refractivity contribution in [3.8, 4) is 11.8 Å². The van der Waals surface area contributed by atoms with Gasteiger partial charge in [0.05, 0.1) is 27.5 Å². The predicted molar refractivity (Wildman–Crippen MR) is 133 cm³/mol. The number of nitrogens with two attached hydrogens (primary N) is 2. The van der Waals surface area contributed by atoms with Crippen molar-refractivity contribution in [3.63, 3.8) is 0 Å². The molecule has 2 aromatic heterocycles. The molecule has 0 saturated heterocycles. The van der Waals surface area contributed by atoms with Gasteiger partial charge in [0.15, 0.2) is 15.7 Å². The average Bonchev–Trinajstić information content (AvgIpc) is 2.82. The number of sulfone groups is 1. The van der Waals surface area contributed by atoms with Crippen LogP contribution in [-0.4, -0.2) is 34.2 Å². The Kier molecular flexibility index (Phi) is 6.68. The van der Waals surface area contributed by atoms with Crippen LogP contribution in [0.5, 0.6) is 0 Å². The molecule has 5 N–H and O–H groups in total. The molecule has 0 spiro atoms. The minimum absolute atomic E-state index is 0.0227. The van der Waals surface area contributed by atoms with Gasteiger partial charge in [-0.3, -0.25) is 9.36 Å². The van der Waals surface area contributed by atoms with E-state index in [9.17, 15) is 31.6 Å². The lowest BCUT2D eigenvalue weighted by molar-refractivity contribution is 0.151. The van der Waals surface area contributed by atoms with Crippen molar-refractivity contribution >= 4 is 38.3 Å². The maximum atomic E-state index is 14.4. The molecule has 0 bridgehead atoms. The number of nitrogens with zero attached hydrogens (tertiary/aromatic N) is 5. The summed E-state index contributed by atoms with van der Waals surface area (Å²) in [5, 5.41) is 12.0. The van der Waals surface area contributed by atoms with E-state index in [-0.39, 0.29) is 50.5 Å². The van der Waals surface area contributed by atoms with Gasteiger partial charge in [0, 0.05) is 11.8 Å². The van der Waals surface area contributed by atoms with Crippen molar-refractivity contribution in [2.45, 2.75) is 24.3 Å². The molecule has 2 aromatic carbocycles. The van der Waals surface area contributed by atoms with Crippen molar-refractivity contribution < 1.29 is 21.6 Å². The van der Waals surface area contributed by atoms with Gasteiger partial charge in [-0.15, -0.1) is 0 Å². The van der Waals surface area contributed by atoms with E-state index in [1.54, 1.807) is 0 Å². The molecule has 11 nitrogen and oxygen atoms in total. The molecule has 0 aliphatic rings. The molecule has 0 fully saturated rings. The van der Waals surface area contributed by atoms with E-state index in [0.717, 1.165) is 23.0 Å². The fourth-order valence-corrected chi connectivity index (χ4v) is 4.79. The normalized spacial score (nSPS) is 12.4. The van der Waals surface area contributed by atoms with Crippen LogP contribution in [0.2, 0.25) is 0 Å². The van der Waals surface area contributed by atoms with Crippen molar-refractivity contribution in [1.82, 2.24) is 19.5 Å². The van der Waals surface area contributed by atoms with Crippen LogP contribution in [0.3, 0.4) is 0 Å². The molecule has 38 heavy (non-hydrogen) atoms. The highest BCUT2D eigenvalue weighted by molar-refractivity contribution is 7.91. The summed E-state index contributed by atoms with van der Waals surface area (Å²) >= 11 is 0. The second kappa shape index (κ2) is 9.63. The van der Waals surface area contributed by atoms with Gasteiger partial charge in [0.2, 0.25) is 5.95 Å². The van der Waals surface area contributed by atoms with E-state index in [1.165, 1.54) is 25.1 Å². The third-order valence-corrected chi connectivity index (χ3v) is 6.65. The van der Waals surface area contributed by atoms with E-state index < -0.39 is 39.2 Å². The van der Waals surface area contributed by atoms with E-state index in [1.807, 2.05) is 6.07 Å². The third kappa shape index (κ3) is 4.81. The second-order valence-corrected chi connectivity index (χ2v) is 10.2. The van der Waals surface area contributed by atoms with Crippen LogP contribution in [-0.2, 0) is 9.84 Å². The Morgan fingerprint density at radius 2 is 1.84 bits per heavy atom. The van der Waals surface area contributed by atoms with Crippen molar-refractivity contribution in [3.05, 3.63) is 69.5 Å². The first-order chi connectivity index (χ1) is 17.8. The van der Waals surface area contributed by atoms with Crippen LogP contribution in [0.15, 0.2) is 46.1 Å². The largest absolute Gasteiger partial charge is 0.382 e. The standard InChI is InChI=1S/C23H19F3N8O3S/c1-10(30-20-14(9-27)19(28)32-23(29)33-20)21-31-15-4-3-5-16(38(2,36)37)17(15)22(35)34(21)13-7-11(18(25)26)6-12(24)8-13/h3-8,10,18H,1-2H3,(H5,28,29,30,32,33)/t10-/m0/s1. The van der Waals surface area contributed by atoms with Crippen molar-refractivity contribution in [1.29, 1.82) is 5.26 Å². The Morgan fingerprint density at radius 3 is 2.47 bits per heavy atom. The highest BCUT2D eigenvalue weighted by Crippen LogP contribution is 2.29.